The predicted molar refractivity (Wildman–Crippen MR) is 115 cm³/mol. The van der Waals surface area contributed by atoms with Crippen molar-refractivity contribution in [3.8, 4) is 5.75 Å². The number of hydrogen-bond acceptors (Lipinski definition) is 3. The van der Waals surface area contributed by atoms with Gasteiger partial charge in [-0.3, -0.25) is 5.10 Å². The molecular weight excluding hydrogens is 383 g/mol. The van der Waals surface area contributed by atoms with E-state index in [-0.39, 0.29) is 17.9 Å². The first-order valence-corrected chi connectivity index (χ1v) is 10.5. The molecule has 2 amide bonds. The van der Waals surface area contributed by atoms with Crippen LogP contribution in [0.15, 0.2) is 42.6 Å². The van der Waals surface area contributed by atoms with E-state index in [1.165, 1.54) is 12.1 Å². The number of aromatic nitrogens is 2. The van der Waals surface area contributed by atoms with Crippen molar-refractivity contribution in [3.05, 3.63) is 54.0 Å². The minimum absolute atomic E-state index is 0.268. The molecule has 3 N–H and O–H groups in total. The second kappa shape index (κ2) is 8.34. The Morgan fingerprint density at radius 3 is 2.83 bits per heavy atom. The van der Waals surface area contributed by atoms with Gasteiger partial charge in [-0.25, -0.2) is 9.18 Å². The summed E-state index contributed by atoms with van der Waals surface area (Å²) in [6.07, 6.45) is 5.94. The van der Waals surface area contributed by atoms with E-state index in [9.17, 15) is 9.18 Å². The lowest BCUT2D eigenvalue weighted by Crippen LogP contribution is -2.46. The third kappa shape index (κ3) is 3.97. The van der Waals surface area contributed by atoms with Crippen LogP contribution in [0.5, 0.6) is 5.75 Å². The number of carbonyl (C=O) groups excluding carboxylic acids is 1. The van der Waals surface area contributed by atoms with Crippen LogP contribution in [0.3, 0.4) is 0 Å². The molecule has 2 heterocycles. The lowest BCUT2D eigenvalue weighted by atomic mass is 9.81. The Bertz CT molecular complexity index is 1040. The van der Waals surface area contributed by atoms with Crippen LogP contribution in [0.4, 0.5) is 14.9 Å². The van der Waals surface area contributed by atoms with Crippen molar-refractivity contribution in [2.75, 3.05) is 5.32 Å². The molecule has 0 saturated heterocycles. The highest BCUT2D eigenvalue weighted by Crippen LogP contribution is 2.44. The smallest absolute Gasteiger partial charge is 0.319 e. The average Bonchev–Trinajstić information content (AvgIpc) is 3.18. The molecule has 158 valence electrons. The van der Waals surface area contributed by atoms with Gasteiger partial charge in [-0.2, -0.15) is 5.10 Å². The highest BCUT2D eigenvalue weighted by molar-refractivity contribution is 6.00. The van der Waals surface area contributed by atoms with Crippen molar-refractivity contribution in [1.82, 2.24) is 15.5 Å². The summed E-state index contributed by atoms with van der Waals surface area (Å²) in [5.74, 6) is 0.178. The maximum absolute atomic E-state index is 13.9. The third-order valence-electron chi connectivity index (χ3n) is 5.70. The maximum Gasteiger partial charge on any atom is 0.319 e. The standard InChI is InChI=1S/C23H27FN4O2/c1-3-10-23(11-4-2)13-20(16-9-8-15(24)12-21(16)30-23)27-22(29)26-18-6-5-7-19-17(18)14-25-28-19/h5-9,12,14,20H,3-4,10-11,13H2,1-2H3,(H,25,28)(H2,26,27,29). The van der Waals surface area contributed by atoms with E-state index in [1.54, 1.807) is 12.3 Å². The first-order valence-electron chi connectivity index (χ1n) is 10.5. The molecule has 1 unspecified atom stereocenters. The molecule has 1 aliphatic heterocycles. The number of rotatable bonds is 6. The summed E-state index contributed by atoms with van der Waals surface area (Å²) in [7, 11) is 0. The quantitative estimate of drug-likeness (QED) is 0.489. The Morgan fingerprint density at radius 2 is 2.07 bits per heavy atom. The fourth-order valence-corrected chi connectivity index (χ4v) is 4.51. The van der Waals surface area contributed by atoms with E-state index >= 15 is 0 Å². The number of urea groups is 1. The molecule has 30 heavy (non-hydrogen) atoms. The highest BCUT2D eigenvalue weighted by atomic mass is 19.1. The number of halogens is 1. The summed E-state index contributed by atoms with van der Waals surface area (Å²) in [4.78, 5) is 12.9. The van der Waals surface area contributed by atoms with Gasteiger partial charge >= 0.3 is 6.03 Å². The van der Waals surface area contributed by atoms with Gasteiger partial charge < -0.3 is 15.4 Å². The van der Waals surface area contributed by atoms with Crippen molar-refractivity contribution >= 4 is 22.6 Å². The summed E-state index contributed by atoms with van der Waals surface area (Å²) < 4.78 is 20.3. The molecule has 1 atom stereocenters. The molecule has 3 aromatic rings. The Balaban J connectivity index is 1.60. The molecule has 0 saturated carbocycles. The third-order valence-corrected chi connectivity index (χ3v) is 5.70. The van der Waals surface area contributed by atoms with E-state index in [4.69, 9.17) is 4.74 Å². The number of nitrogens with one attached hydrogen (secondary N) is 3. The fourth-order valence-electron chi connectivity index (χ4n) is 4.51. The van der Waals surface area contributed by atoms with Crippen LogP contribution in [-0.4, -0.2) is 21.8 Å². The first kappa shape index (κ1) is 20.2. The summed E-state index contributed by atoms with van der Waals surface area (Å²) in [6.45, 7) is 4.23. The van der Waals surface area contributed by atoms with Crippen LogP contribution in [0.2, 0.25) is 0 Å². The van der Waals surface area contributed by atoms with Gasteiger partial charge in [-0.1, -0.05) is 38.8 Å². The SMILES string of the molecule is CCCC1(CCC)CC(NC(=O)Nc2cccc3[nH]ncc23)c2ccc(F)cc2O1. The van der Waals surface area contributed by atoms with Crippen LogP contribution in [0.1, 0.15) is 57.6 Å². The lowest BCUT2D eigenvalue weighted by Gasteiger charge is -2.42. The fraction of sp³-hybridized carbons (Fsp3) is 0.391. The topological polar surface area (TPSA) is 79.0 Å². The van der Waals surface area contributed by atoms with Crippen LogP contribution >= 0.6 is 0 Å². The number of H-pyrrole nitrogens is 1. The summed E-state index contributed by atoms with van der Waals surface area (Å²) in [6, 6.07) is 9.55. The van der Waals surface area contributed by atoms with Gasteiger partial charge in [-0.15, -0.1) is 0 Å². The summed E-state index contributed by atoms with van der Waals surface area (Å²) in [5.41, 5.74) is 1.92. The number of ether oxygens (including phenoxy) is 1. The summed E-state index contributed by atoms with van der Waals surface area (Å²) in [5, 5.41) is 13.8. The Hall–Kier alpha value is -3.09. The van der Waals surface area contributed by atoms with Gasteiger partial charge in [0.2, 0.25) is 0 Å². The van der Waals surface area contributed by atoms with Gasteiger partial charge in [0.25, 0.3) is 0 Å². The molecule has 0 bridgehead atoms. The second-order valence-electron chi connectivity index (χ2n) is 7.96. The van der Waals surface area contributed by atoms with Gasteiger partial charge in [0.15, 0.2) is 0 Å². The number of nitrogens with zero attached hydrogens (tertiary/aromatic N) is 1. The first-order chi connectivity index (χ1) is 14.5. The molecule has 7 heteroatoms. The number of aromatic amines is 1. The normalized spacial score (nSPS) is 17.2. The molecular formula is C23H27FN4O2. The largest absolute Gasteiger partial charge is 0.487 e. The van der Waals surface area contributed by atoms with E-state index in [0.29, 0.717) is 17.9 Å². The van der Waals surface area contributed by atoms with E-state index < -0.39 is 5.60 Å². The second-order valence-corrected chi connectivity index (χ2v) is 7.96. The van der Waals surface area contributed by atoms with Crippen molar-refractivity contribution in [1.29, 1.82) is 0 Å². The van der Waals surface area contributed by atoms with Gasteiger partial charge in [0.05, 0.1) is 23.4 Å². The molecule has 1 aliphatic rings. The number of benzene rings is 2. The van der Waals surface area contributed by atoms with E-state index in [1.807, 2.05) is 18.2 Å². The minimum Gasteiger partial charge on any atom is -0.487 e. The minimum atomic E-state index is -0.410. The Kier molecular flexibility index (Phi) is 5.61. The van der Waals surface area contributed by atoms with Gasteiger partial charge in [0.1, 0.15) is 17.2 Å². The number of hydrogen-bond donors (Lipinski definition) is 3. The van der Waals surface area contributed by atoms with Crippen LogP contribution in [-0.2, 0) is 0 Å². The predicted octanol–water partition coefficient (Wildman–Crippen LogP) is 5.69. The Morgan fingerprint density at radius 1 is 1.27 bits per heavy atom. The summed E-state index contributed by atoms with van der Waals surface area (Å²) >= 11 is 0. The zero-order valence-corrected chi connectivity index (χ0v) is 17.3. The number of anilines is 1. The zero-order valence-electron chi connectivity index (χ0n) is 17.3. The van der Waals surface area contributed by atoms with E-state index in [0.717, 1.165) is 42.1 Å². The number of fused-ring (bicyclic) bond motifs is 2. The zero-order chi connectivity index (χ0) is 21.1. The van der Waals surface area contributed by atoms with Crippen LogP contribution in [0, 0.1) is 5.82 Å². The lowest BCUT2D eigenvalue weighted by molar-refractivity contribution is 0.0143. The molecule has 0 spiro atoms. The molecule has 2 aromatic carbocycles. The van der Waals surface area contributed by atoms with Gasteiger partial charge in [0, 0.05) is 23.4 Å². The van der Waals surface area contributed by atoms with Crippen molar-refractivity contribution in [2.24, 2.45) is 0 Å². The number of carbonyl (C=O) groups is 1. The van der Waals surface area contributed by atoms with Crippen molar-refractivity contribution < 1.29 is 13.9 Å². The van der Waals surface area contributed by atoms with Crippen LogP contribution in [0.25, 0.3) is 10.9 Å². The average molecular weight is 410 g/mol. The number of amides is 2. The van der Waals surface area contributed by atoms with Crippen molar-refractivity contribution in [3.63, 3.8) is 0 Å². The van der Waals surface area contributed by atoms with Crippen molar-refractivity contribution in [2.45, 2.75) is 57.6 Å². The van der Waals surface area contributed by atoms with E-state index in [2.05, 4.69) is 34.7 Å². The molecule has 1 aromatic heterocycles. The molecule has 4 rings (SSSR count). The molecule has 0 fully saturated rings. The Labute approximate surface area is 175 Å². The molecule has 0 aliphatic carbocycles. The highest BCUT2D eigenvalue weighted by Gasteiger charge is 2.40. The molecule has 0 radical (unpaired) electrons. The van der Waals surface area contributed by atoms with Gasteiger partial charge in [-0.05, 0) is 31.0 Å². The monoisotopic (exact) mass is 410 g/mol. The van der Waals surface area contributed by atoms with Crippen LogP contribution < -0.4 is 15.4 Å². The molecule has 6 nitrogen and oxygen atoms in total. The maximum atomic E-state index is 13.9.